The molecule has 87 heavy (non-hydrogen) atoms. The summed E-state index contributed by atoms with van der Waals surface area (Å²) in [7, 11) is 0. The number of hydrogen-bond acceptors (Lipinski definition) is 15. The van der Waals surface area contributed by atoms with Crippen molar-refractivity contribution in [2.75, 3.05) is 19.8 Å². The number of aromatic amines is 1. The Labute approximate surface area is 509 Å². The highest BCUT2D eigenvalue weighted by Crippen LogP contribution is 2.47. The molecule has 4 spiro atoms. The monoisotopic (exact) mass is 1160 g/mol. The lowest BCUT2D eigenvalue weighted by molar-refractivity contribution is 0.226. The zero-order valence-electron chi connectivity index (χ0n) is 51.5. The van der Waals surface area contributed by atoms with Crippen LogP contribution in [0, 0.1) is 27.7 Å². The molecule has 0 saturated heterocycles. The van der Waals surface area contributed by atoms with E-state index >= 15 is 0 Å². The minimum atomic E-state index is -0.0957. The molecule has 16 nitrogen and oxygen atoms in total. The van der Waals surface area contributed by atoms with Gasteiger partial charge in [0.25, 0.3) is 0 Å². The molecule has 3 N–H and O–H groups in total. The minimum absolute atomic E-state index is 0.0316. The van der Waals surface area contributed by atoms with E-state index in [4.69, 9.17) is 44.4 Å². The summed E-state index contributed by atoms with van der Waals surface area (Å²) in [5, 5.41) is 11.5. The molecular weight excluding hydrogens is 1080 g/mol. The molecule has 4 aliphatic heterocycles. The fourth-order valence-electron chi connectivity index (χ4n) is 15.4. The molecule has 0 fully saturated rings. The SMILES string of the molecule is CC1=NC2(CCc3ccc(-c4c(C)n[nH]c4C)cc3C2)CO1.CC1=NC2(CO1)Cc1cccc(-c3c(C)noc3C)c1C2.CC1=NC2(CO1)Cc1cccc(-c3cncnc3)c1C(C)C2.NC1=NC2(CCC1)CCc1c(cccc1-c1cncnc1)C2. The van der Waals surface area contributed by atoms with Crippen LogP contribution in [0.25, 0.3) is 44.5 Å². The van der Waals surface area contributed by atoms with Crippen molar-refractivity contribution in [1.82, 2.24) is 35.3 Å². The van der Waals surface area contributed by atoms with Gasteiger partial charge in [-0.05, 0) is 152 Å². The largest absolute Gasteiger partial charge is 0.479 e. The van der Waals surface area contributed by atoms with Crippen molar-refractivity contribution in [3.05, 3.63) is 178 Å². The lowest BCUT2D eigenvalue weighted by Gasteiger charge is -2.38. The number of H-pyrrole nitrogens is 1. The number of aliphatic imine (C=N–C) groups is 4. The highest BCUT2D eigenvalue weighted by Gasteiger charge is 2.45. The highest BCUT2D eigenvalue weighted by molar-refractivity contribution is 5.82. The fraction of sp³-hybridized carbons (Fsp3) is 0.408. The number of fused-ring (bicyclic) bond motifs is 4. The number of nitrogens with two attached hydrogens (primary N) is 1. The summed E-state index contributed by atoms with van der Waals surface area (Å²) in [5.41, 5.74) is 29.8. The summed E-state index contributed by atoms with van der Waals surface area (Å²) in [5.74, 6) is 4.62. The van der Waals surface area contributed by atoms with E-state index in [1.165, 1.54) is 72.3 Å². The highest BCUT2D eigenvalue weighted by atomic mass is 16.5. The molecule has 16 rings (SSSR count). The van der Waals surface area contributed by atoms with E-state index in [1.54, 1.807) is 12.7 Å². The first-order valence-corrected chi connectivity index (χ1v) is 30.9. The molecule has 4 aromatic heterocycles. The normalized spacial score (nSPS) is 24.3. The topological polar surface area (TPSA) is 209 Å². The van der Waals surface area contributed by atoms with Gasteiger partial charge in [-0.2, -0.15) is 5.10 Å². The number of ether oxygens (including phenoxy) is 3. The zero-order chi connectivity index (χ0) is 60.1. The van der Waals surface area contributed by atoms with Crippen molar-refractivity contribution in [1.29, 1.82) is 0 Å². The predicted molar refractivity (Wildman–Crippen MR) is 342 cm³/mol. The van der Waals surface area contributed by atoms with Gasteiger partial charge in [0.2, 0.25) is 0 Å². The van der Waals surface area contributed by atoms with Gasteiger partial charge in [-0.15, -0.1) is 0 Å². The molecule has 4 aliphatic carbocycles. The summed E-state index contributed by atoms with van der Waals surface area (Å²) in [6, 6.07) is 26.4. The molecule has 0 bridgehead atoms. The van der Waals surface area contributed by atoms with E-state index < -0.39 is 0 Å². The molecule has 8 aromatic rings. The van der Waals surface area contributed by atoms with E-state index in [0.29, 0.717) is 19.1 Å². The summed E-state index contributed by atoms with van der Waals surface area (Å²) in [4.78, 5) is 35.8. The maximum absolute atomic E-state index is 6.01. The van der Waals surface area contributed by atoms with Gasteiger partial charge in [-0.3, -0.25) is 10.1 Å². The van der Waals surface area contributed by atoms with E-state index in [1.807, 2.05) is 59.4 Å². The van der Waals surface area contributed by atoms with Crippen LogP contribution in [0.3, 0.4) is 0 Å². The Morgan fingerprint density at radius 2 is 1.09 bits per heavy atom. The van der Waals surface area contributed by atoms with E-state index in [-0.39, 0.29) is 22.2 Å². The van der Waals surface area contributed by atoms with Gasteiger partial charge in [0.05, 0.1) is 22.8 Å². The van der Waals surface area contributed by atoms with Gasteiger partial charge in [0, 0.05) is 106 Å². The van der Waals surface area contributed by atoms with Gasteiger partial charge in [-0.1, -0.05) is 84.9 Å². The fourth-order valence-corrected chi connectivity index (χ4v) is 15.4. The molecule has 5 unspecified atom stereocenters. The lowest BCUT2D eigenvalue weighted by Crippen LogP contribution is -2.39. The van der Waals surface area contributed by atoms with Crippen LogP contribution in [0.5, 0.6) is 0 Å². The van der Waals surface area contributed by atoms with Crippen molar-refractivity contribution < 1.29 is 18.7 Å². The number of aromatic nitrogens is 7. The molecule has 4 aromatic carbocycles. The number of aryl methyl sites for hydroxylation is 5. The third kappa shape index (κ3) is 11.5. The first kappa shape index (κ1) is 57.4. The Morgan fingerprint density at radius 1 is 0.506 bits per heavy atom. The number of nitrogens with zero attached hydrogens (tertiary/aromatic N) is 10. The minimum Gasteiger partial charge on any atom is -0.479 e. The van der Waals surface area contributed by atoms with Crippen LogP contribution in [0.2, 0.25) is 0 Å². The van der Waals surface area contributed by atoms with Gasteiger partial charge in [0.15, 0.2) is 17.7 Å². The summed E-state index contributed by atoms with van der Waals surface area (Å²) in [6.45, 7) is 18.4. The third-order valence-corrected chi connectivity index (χ3v) is 19.2. The number of hydrogen-bond donors (Lipinski definition) is 2. The van der Waals surface area contributed by atoms with Gasteiger partial charge in [0.1, 0.15) is 54.9 Å². The molecule has 16 heteroatoms. The second-order valence-corrected chi connectivity index (χ2v) is 25.6. The average Bonchev–Trinajstić information content (AvgIpc) is 1.99. The van der Waals surface area contributed by atoms with Crippen LogP contribution < -0.4 is 5.73 Å². The van der Waals surface area contributed by atoms with Gasteiger partial charge in [-0.25, -0.2) is 34.9 Å². The van der Waals surface area contributed by atoms with Crippen molar-refractivity contribution in [2.45, 2.75) is 167 Å². The van der Waals surface area contributed by atoms with E-state index in [0.717, 1.165) is 153 Å². The van der Waals surface area contributed by atoms with Gasteiger partial charge >= 0.3 is 0 Å². The average molecular weight is 1160 g/mol. The Hall–Kier alpha value is -8.66. The summed E-state index contributed by atoms with van der Waals surface area (Å²) < 4.78 is 22.3. The lowest BCUT2D eigenvalue weighted by atomic mass is 9.71. The number of rotatable bonds is 4. The molecule has 5 atom stereocenters. The van der Waals surface area contributed by atoms with Crippen LogP contribution in [0.4, 0.5) is 0 Å². The van der Waals surface area contributed by atoms with Crippen LogP contribution in [0.15, 0.2) is 135 Å². The molecule has 0 radical (unpaired) electrons. The Kier molecular flexibility index (Phi) is 15.3. The van der Waals surface area contributed by atoms with Gasteiger partial charge < -0.3 is 24.5 Å². The van der Waals surface area contributed by atoms with Crippen molar-refractivity contribution in [3.8, 4) is 44.5 Å². The second kappa shape index (κ2) is 23.2. The van der Waals surface area contributed by atoms with Crippen molar-refractivity contribution in [3.63, 3.8) is 0 Å². The smallest absolute Gasteiger partial charge is 0.180 e. The maximum atomic E-state index is 6.01. The molecule has 0 saturated carbocycles. The Bertz CT molecular complexity index is 4000. The Morgan fingerprint density at radius 3 is 1.72 bits per heavy atom. The zero-order valence-corrected chi connectivity index (χ0v) is 51.5. The van der Waals surface area contributed by atoms with E-state index in [9.17, 15) is 0 Å². The number of benzene rings is 4. The molecule has 8 heterocycles. The first-order chi connectivity index (χ1) is 42.1. The second-order valence-electron chi connectivity index (χ2n) is 25.6. The number of amidine groups is 1. The maximum Gasteiger partial charge on any atom is 0.180 e. The summed E-state index contributed by atoms with van der Waals surface area (Å²) in [6.07, 6.45) is 24.1. The summed E-state index contributed by atoms with van der Waals surface area (Å²) >= 11 is 0. The molecule has 0 amide bonds. The standard InChI is InChI=1S/C18H20N4.C18H21N3O.C18H19N3O.C17H18N2O2/c19-17-5-2-7-18(22-17)8-6-16-13(9-18)3-1-4-15(16)14-10-20-12-21-11-14;1-11-17(12(2)21-20-11)15-5-4-14-6-7-18(9-16(14)8-15)10-22-13(3)19-18;1-12-6-18(10-22-13(2)21-18)7-14-4-3-5-16(17(12)14)15-8-19-11-20-9-15;1-10-16(11(2)21-19-10)14-6-4-5-13-7-17(8-15(13)14)9-20-12(3)18-17/h1,3-4,10-12H,2,5-9H2,(H2,19,22);4-5,8H,6-7,9-10H2,1-3H3,(H,20,21);3-5,8-9,11-12H,6-7,10H2,1-2H3;4-6H,7-9H2,1-3H3. The first-order valence-electron chi connectivity index (χ1n) is 30.9. The predicted octanol–water partition coefficient (Wildman–Crippen LogP) is 12.9. The van der Waals surface area contributed by atoms with Crippen LogP contribution in [0.1, 0.15) is 139 Å². The molecular formula is C71H78N12O4. The van der Waals surface area contributed by atoms with Crippen LogP contribution in [-0.4, -0.2) is 101 Å². The Balaban J connectivity index is 0.000000107. The van der Waals surface area contributed by atoms with Crippen LogP contribution >= 0.6 is 0 Å². The number of nitrogens with one attached hydrogen (secondary N) is 1. The van der Waals surface area contributed by atoms with Crippen molar-refractivity contribution >= 4 is 23.5 Å². The molecule has 8 aliphatic rings. The van der Waals surface area contributed by atoms with E-state index in [2.05, 4.69) is 129 Å². The van der Waals surface area contributed by atoms with Crippen LogP contribution in [-0.2, 0) is 59.2 Å². The quantitative estimate of drug-likeness (QED) is 0.169. The third-order valence-electron chi connectivity index (χ3n) is 19.2. The molecule has 446 valence electrons. The van der Waals surface area contributed by atoms with Crippen molar-refractivity contribution in [2.24, 2.45) is 25.7 Å².